The number of fused-ring (bicyclic) bond motifs is 1. The summed E-state index contributed by atoms with van der Waals surface area (Å²) in [6, 6.07) is 15.9. The number of ketones is 1. The molecule has 0 saturated carbocycles. The number of hydrogen-bond acceptors (Lipinski definition) is 6. The predicted octanol–water partition coefficient (Wildman–Crippen LogP) is 3.72. The van der Waals surface area contributed by atoms with Crippen LogP contribution in [0.15, 0.2) is 78.8 Å². The summed E-state index contributed by atoms with van der Waals surface area (Å²) in [6.45, 7) is 5.26. The number of ether oxygens (including phenoxy) is 1. The van der Waals surface area contributed by atoms with Gasteiger partial charge in [-0.15, -0.1) is 0 Å². The Balaban J connectivity index is 1.35. The Kier molecular flexibility index (Phi) is 7.55. The summed E-state index contributed by atoms with van der Waals surface area (Å²) >= 11 is 0. The Bertz CT molecular complexity index is 1140. The molecule has 172 valence electrons. The van der Waals surface area contributed by atoms with Crippen molar-refractivity contribution >= 4 is 22.4 Å². The molecule has 0 amide bonds. The summed E-state index contributed by atoms with van der Waals surface area (Å²) in [7, 11) is 0. The van der Waals surface area contributed by atoms with E-state index in [1.807, 2.05) is 53.3 Å². The minimum atomic E-state index is -0.199. The van der Waals surface area contributed by atoms with E-state index in [0.717, 1.165) is 54.8 Å². The second-order valence-electron chi connectivity index (χ2n) is 8.29. The Hall–Kier alpha value is -3.42. The molecule has 0 radical (unpaired) electrons. The predicted molar refractivity (Wildman–Crippen MR) is 130 cm³/mol. The Morgan fingerprint density at radius 3 is 2.85 bits per heavy atom. The van der Waals surface area contributed by atoms with E-state index in [0.29, 0.717) is 12.4 Å². The van der Waals surface area contributed by atoms with Crippen LogP contribution < -0.4 is 5.32 Å². The number of benzene rings is 2. The molecule has 0 unspecified atom stereocenters. The van der Waals surface area contributed by atoms with Gasteiger partial charge in [-0.05, 0) is 43.2 Å². The molecule has 1 aromatic heterocycles. The zero-order valence-electron chi connectivity index (χ0n) is 18.9. The van der Waals surface area contributed by atoms with Gasteiger partial charge in [0.05, 0.1) is 24.4 Å². The molecule has 0 bridgehead atoms. The van der Waals surface area contributed by atoms with E-state index in [4.69, 9.17) is 4.74 Å². The number of nitrogens with zero attached hydrogens (tertiary/aromatic N) is 3. The number of carbonyl (C=O) groups excluding carboxylic acids is 1. The van der Waals surface area contributed by atoms with Gasteiger partial charge >= 0.3 is 0 Å². The van der Waals surface area contributed by atoms with Crippen molar-refractivity contribution in [3.63, 3.8) is 0 Å². The van der Waals surface area contributed by atoms with Crippen LogP contribution in [0.25, 0.3) is 10.9 Å². The quantitative estimate of drug-likeness (QED) is 0.281. The summed E-state index contributed by atoms with van der Waals surface area (Å²) in [6.07, 6.45) is 7.52. The fraction of sp³-hybridized carbons (Fsp3) is 0.308. The molecule has 7 heteroatoms. The number of rotatable bonds is 10. The molecule has 2 heterocycles. The van der Waals surface area contributed by atoms with E-state index in [9.17, 15) is 9.90 Å². The number of nitrogens with one attached hydrogen (secondary N) is 1. The third kappa shape index (κ3) is 6.54. The van der Waals surface area contributed by atoms with Crippen molar-refractivity contribution in [3.8, 4) is 0 Å². The minimum absolute atomic E-state index is 0.0695. The average molecular weight is 447 g/mol. The Morgan fingerprint density at radius 1 is 1.24 bits per heavy atom. The number of aliphatic hydroxyl groups excluding tert-OH is 1. The van der Waals surface area contributed by atoms with Crippen LogP contribution in [0.5, 0.6) is 0 Å². The highest BCUT2D eigenvalue weighted by Crippen LogP contribution is 2.20. The van der Waals surface area contributed by atoms with Gasteiger partial charge < -0.3 is 15.2 Å². The topological polar surface area (TPSA) is 79.6 Å². The molecule has 1 aliphatic heterocycles. The molecule has 33 heavy (non-hydrogen) atoms. The highest BCUT2D eigenvalue weighted by molar-refractivity contribution is 5.88. The number of allylic oxidation sites excluding steroid dienone is 2. The molecule has 2 N–H and O–H groups in total. The van der Waals surface area contributed by atoms with Crippen molar-refractivity contribution in [1.82, 2.24) is 14.7 Å². The monoisotopic (exact) mass is 446 g/mol. The number of hydrogen-bond donors (Lipinski definition) is 2. The maximum Gasteiger partial charge on any atom is 0.156 e. The van der Waals surface area contributed by atoms with E-state index in [1.54, 1.807) is 12.3 Å². The third-order valence-corrected chi connectivity index (χ3v) is 5.61. The van der Waals surface area contributed by atoms with E-state index < -0.39 is 0 Å². The number of likely N-dealkylation sites (tertiary alicyclic amines) is 1. The first-order valence-corrected chi connectivity index (χ1v) is 11.2. The van der Waals surface area contributed by atoms with Crippen LogP contribution in [0.1, 0.15) is 18.9 Å². The molecule has 2 aromatic carbocycles. The van der Waals surface area contributed by atoms with E-state index in [2.05, 4.69) is 21.4 Å². The fourth-order valence-corrected chi connectivity index (χ4v) is 3.91. The molecule has 1 atom stereocenters. The zero-order chi connectivity index (χ0) is 23.0. The van der Waals surface area contributed by atoms with Gasteiger partial charge in [0.1, 0.15) is 12.4 Å². The third-order valence-electron chi connectivity index (χ3n) is 5.61. The van der Waals surface area contributed by atoms with Crippen molar-refractivity contribution in [2.24, 2.45) is 0 Å². The summed E-state index contributed by atoms with van der Waals surface area (Å²) in [5, 5.41) is 18.5. The van der Waals surface area contributed by atoms with Gasteiger partial charge in [0.15, 0.2) is 5.78 Å². The molecular formula is C26H30N4O3. The molecular weight excluding hydrogens is 416 g/mol. The lowest BCUT2D eigenvalue weighted by Crippen LogP contribution is -2.26. The van der Waals surface area contributed by atoms with Gasteiger partial charge in [0, 0.05) is 43.0 Å². The normalized spacial score (nSPS) is 17.2. The first-order chi connectivity index (χ1) is 16.1. The fourth-order valence-electron chi connectivity index (χ4n) is 3.91. The van der Waals surface area contributed by atoms with Gasteiger partial charge in [-0.1, -0.05) is 30.3 Å². The second-order valence-corrected chi connectivity index (χ2v) is 8.29. The smallest absolute Gasteiger partial charge is 0.156 e. The maximum absolute atomic E-state index is 11.6. The molecule has 3 aromatic rings. The Morgan fingerprint density at radius 2 is 2.09 bits per heavy atom. The van der Waals surface area contributed by atoms with Crippen molar-refractivity contribution in [3.05, 3.63) is 84.4 Å². The van der Waals surface area contributed by atoms with Crippen molar-refractivity contribution < 1.29 is 14.6 Å². The maximum atomic E-state index is 11.6. The van der Waals surface area contributed by atoms with Gasteiger partial charge in [0.2, 0.25) is 0 Å². The van der Waals surface area contributed by atoms with Crippen LogP contribution in [-0.2, 0) is 22.7 Å². The van der Waals surface area contributed by atoms with Crippen molar-refractivity contribution in [2.45, 2.75) is 32.6 Å². The van der Waals surface area contributed by atoms with Crippen molar-refractivity contribution in [1.29, 1.82) is 0 Å². The zero-order valence-corrected chi connectivity index (χ0v) is 18.9. The van der Waals surface area contributed by atoms with E-state index >= 15 is 0 Å². The van der Waals surface area contributed by atoms with E-state index in [-0.39, 0.29) is 11.9 Å². The first-order valence-electron chi connectivity index (χ1n) is 11.2. The van der Waals surface area contributed by atoms with Crippen molar-refractivity contribution in [2.75, 3.05) is 25.0 Å². The molecule has 7 nitrogen and oxygen atoms in total. The van der Waals surface area contributed by atoms with E-state index in [1.165, 1.54) is 13.0 Å². The SMILES string of the molecule is CC(=O)/C=C(\C=C/Nc1ccc2c(cnn2CCN2CC[C@H](O)C2)c1)OCc1ccccc1. The number of β-amino-alcohol motifs (C(OH)–C–C–N with tert-alkyl or cyclic N) is 1. The number of anilines is 1. The summed E-state index contributed by atoms with van der Waals surface area (Å²) in [4.78, 5) is 13.8. The average Bonchev–Trinajstić information content (AvgIpc) is 3.41. The lowest BCUT2D eigenvalue weighted by atomic mass is 10.2. The lowest BCUT2D eigenvalue weighted by molar-refractivity contribution is -0.112. The Labute approximate surface area is 194 Å². The lowest BCUT2D eigenvalue weighted by Gasteiger charge is -2.15. The molecule has 0 aliphatic carbocycles. The van der Waals surface area contributed by atoms with Gasteiger partial charge in [-0.3, -0.25) is 14.4 Å². The van der Waals surface area contributed by atoms with Crippen LogP contribution >= 0.6 is 0 Å². The minimum Gasteiger partial charge on any atom is -0.489 e. The molecule has 1 fully saturated rings. The highest BCUT2D eigenvalue weighted by atomic mass is 16.5. The van der Waals surface area contributed by atoms with Crippen LogP contribution in [0.4, 0.5) is 5.69 Å². The highest BCUT2D eigenvalue weighted by Gasteiger charge is 2.19. The number of aromatic nitrogens is 2. The molecule has 1 saturated heterocycles. The van der Waals surface area contributed by atoms with Crippen LogP contribution in [0.3, 0.4) is 0 Å². The number of aliphatic hydroxyl groups is 1. The first kappa shape index (κ1) is 22.8. The summed E-state index contributed by atoms with van der Waals surface area (Å²) in [5.41, 5.74) is 3.04. The van der Waals surface area contributed by atoms with Gasteiger partial charge in [-0.25, -0.2) is 0 Å². The summed E-state index contributed by atoms with van der Waals surface area (Å²) < 4.78 is 7.81. The molecule has 0 spiro atoms. The van der Waals surface area contributed by atoms with Crippen LogP contribution in [0, 0.1) is 0 Å². The van der Waals surface area contributed by atoms with Gasteiger partial charge in [0.25, 0.3) is 0 Å². The summed E-state index contributed by atoms with van der Waals surface area (Å²) in [5.74, 6) is 0.430. The molecule has 4 rings (SSSR count). The second kappa shape index (κ2) is 10.9. The van der Waals surface area contributed by atoms with Crippen LogP contribution in [0.2, 0.25) is 0 Å². The largest absolute Gasteiger partial charge is 0.489 e. The number of carbonyl (C=O) groups is 1. The van der Waals surface area contributed by atoms with Gasteiger partial charge in [-0.2, -0.15) is 5.10 Å². The van der Waals surface area contributed by atoms with Crippen LogP contribution in [-0.4, -0.2) is 51.3 Å². The molecule has 1 aliphatic rings. The standard InChI is InChI=1S/C26H30N4O3/c1-20(31)15-25(33-19-21-5-3-2-4-6-21)9-11-27-23-7-8-26-22(16-23)17-28-30(26)14-13-29-12-10-24(32)18-29/h2-9,11,15-17,24,27,32H,10,12-14,18-19H2,1H3/b11-9-,25-15+/t24-/m0/s1.